The summed E-state index contributed by atoms with van der Waals surface area (Å²) in [5.74, 6) is -0.502. The Morgan fingerprint density at radius 2 is 1.95 bits per heavy atom. The zero-order valence-corrected chi connectivity index (χ0v) is 11.3. The van der Waals surface area contributed by atoms with Crippen LogP contribution in [0.2, 0.25) is 0 Å². The van der Waals surface area contributed by atoms with Crippen molar-refractivity contribution in [2.24, 2.45) is 0 Å². The highest BCUT2D eigenvalue weighted by Crippen LogP contribution is 2.13. The molecule has 2 aromatic rings. The topological polar surface area (TPSA) is 41.1 Å². The number of hydrogen-bond acceptors (Lipinski definition) is 2. The number of rotatable bonds is 5. The first-order valence-corrected chi connectivity index (χ1v) is 6.50. The van der Waals surface area contributed by atoms with E-state index in [1.165, 1.54) is 12.1 Å². The molecule has 0 atom stereocenters. The van der Waals surface area contributed by atoms with Crippen LogP contribution in [0.5, 0.6) is 0 Å². The Labute approximate surface area is 117 Å². The summed E-state index contributed by atoms with van der Waals surface area (Å²) >= 11 is 0. The van der Waals surface area contributed by atoms with Crippen molar-refractivity contribution in [2.45, 2.75) is 13.3 Å². The van der Waals surface area contributed by atoms with Gasteiger partial charge in [0.15, 0.2) is 0 Å². The van der Waals surface area contributed by atoms with Crippen LogP contribution in [0.15, 0.2) is 48.5 Å². The molecule has 0 fully saturated rings. The van der Waals surface area contributed by atoms with Gasteiger partial charge in [0.25, 0.3) is 0 Å². The molecule has 0 spiro atoms. The average Bonchev–Trinajstić information content (AvgIpc) is 2.41. The first-order chi connectivity index (χ1) is 9.65. The van der Waals surface area contributed by atoms with E-state index in [-0.39, 0.29) is 11.7 Å². The van der Waals surface area contributed by atoms with Crippen LogP contribution in [0.3, 0.4) is 0 Å². The van der Waals surface area contributed by atoms with Gasteiger partial charge in [-0.15, -0.1) is 0 Å². The van der Waals surface area contributed by atoms with Crippen molar-refractivity contribution in [1.29, 1.82) is 0 Å². The number of hydrogen-bond donors (Lipinski definition) is 2. The molecular weight excluding hydrogens is 255 g/mol. The van der Waals surface area contributed by atoms with Gasteiger partial charge in [0, 0.05) is 24.3 Å². The molecule has 0 radical (unpaired) electrons. The zero-order chi connectivity index (χ0) is 14.4. The minimum atomic E-state index is -0.360. The zero-order valence-electron chi connectivity index (χ0n) is 11.3. The van der Waals surface area contributed by atoms with E-state index >= 15 is 0 Å². The molecule has 20 heavy (non-hydrogen) atoms. The van der Waals surface area contributed by atoms with E-state index in [1.807, 2.05) is 31.2 Å². The molecule has 0 aliphatic heterocycles. The molecule has 0 saturated carbocycles. The van der Waals surface area contributed by atoms with Gasteiger partial charge in [0.05, 0.1) is 0 Å². The summed E-state index contributed by atoms with van der Waals surface area (Å²) in [6, 6.07) is 13.8. The number of amides is 1. The quantitative estimate of drug-likeness (QED) is 0.873. The summed E-state index contributed by atoms with van der Waals surface area (Å²) in [6.07, 6.45) is 0.324. The lowest BCUT2D eigenvalue weighted by atomic mass is 10.2. The van der Waals surface area contributed by atoms with Crippen molar-refractivity contribution in [3.8, 4) is 0 Å². The molecule has 2 N–H and O–H groups in total. The fourth-order valence-corrected chi connectivity index (χ4v) is 1.87. The molecule has 3 nitrogen and oxygen atoms in total. The van der Waals surface area contributed by atoms with Gasteiger partial charge in [-0.1, -0.05) is 24.3 Å². The maximum atomic E-state index is 13.0. The average molecular weight is 272 g/mol. The van der Waals surface area contributed by atoms with Gasteiger partial charge in [-0.05, 0) is 36.8 Å². The Morgan fingerprint density at radius 1 is 1.15 bits per heavy atom. The largest absolute Gasteiger partial charge is 0.384 e. The van der Waals surface area contributed by atoms with E-state index in [2.05, 4.69) is 10.6 Å². The highest BCUT2D eigenvalue weighted by atomic mass is 19.1. The molecule has 0 saturated heterocycles. The second-order valence-corrected chi connectivity index (χ2v) is 4.55. The van der Waals surface area contributed by atoms with E-state index in [0.717, 1.165) is 11.3 Å². The van der Waals surface area contributed by atoms with Crippen LogP contribution >= 0.6 is 0 Å². The summed E-state index contributed by atoms with van der Waals surface area (Å²) in [5.41, 5.74) is 2.63. The number of halogens is 1. The molecule has 0 aliphatic carbocycles. The highest BCUT2D eigenvalue weighted by molar-refractivity contribution is 5.90. The minimum absolute atomic E-state index is 0.142. The number of aryl methyl sites for hydroxylation is 1. The third-order valence-electron chi connectivity index (χ3n) is 2.92. The number of carbonyl (C=O) groups is 1. The lowest BCUT2D eigenvalue weighted by molar-refractivity contribution is -0.115. The predicted octanol–water partition coefficient (Wildman–Crippen LogP) is 3.57. The van der Waals surface area contributed by atoms with Crippen LogP contribution in [0.25, 0.3) is 0 Å². The van der Waals surface area contributed by atoms with Gasteiger partial charge >= 0.3 is 0 Å². The number of nitrogens with one attached hydrogen (secondary N) is 2. The Balaban J connectivity index is 1.80. The maximum absolute atomic E-state index is 13.0. The maximum Gasteiger partial charge on any atom is 0.226 e. The van der Waals surface area contributed by atoms with Gasteiger partial charge in [0.1, 0.15) is 5.82 Å². The van der Waals surface area contributed by atoms with Gasteiger partial charge in [-0.25, -0.2) is 4.39 Å². The van der Waals surface area contributed by atoms with Crippen LogP contribution in [0.1, 0.15) is 12.0 Å². The first-order valence-electron chi connectivity index (χ1n) is 6.50. The fraction of sp³-hybridized carbons (Fsp3) is 0.188. The van der Waals surface area contributed by atoms with E-state index in [9.17, 15) is 9.18 Å². The third-order valence-corrected chi connectivity index (χ3v) is 2.92. The summed E-state index contributed by atoms with van der Waals surface area (Å²) in [5, 5.41) is 5.87. The van der Waals surface area contributed by atoms with E-state index in [1.54, 1.807) is 12.1 Å². The smallest absolute Gasteiger partial charge is 0.226 e. The van der Waals surface area contributed by atoms with Crippen molar-refractivity contribution in [1.82, 2.24) is 0 Å². The number of carbonyl (C=O) groups excluding carboxylic acids is 1. The fourth-order valence-electron chi connectivity index (χ4n) is 1.87. The lowest BCUT2D eigenvalue weighted by Crippen LogP contribution is -2.16. The monoisotopic (exact) mass is 272 g/mol. The van der Waals surface area contributed by atoms with Crippen LogP contribution < -0.4 is 10.6 Å². The van der Waals surface area contributed by atoms with Crippen LogP contribution in [-0.4, -0.2) is 12.5 Å². The van der Waals surface area contributed by atoms with Crippen molar-refractivity contribution >= 4 is 17.3 Å². The third kappa shape index (κ3) is 4.09. The summed E-state index contributed by atoms with van der Waals surface area (Å²) in [7, 11) is 0. The van der Waals surface area contributed by atoms with E-state index in [4.69, 9.17) is 0 Å². The summed E-state index contributed by atoms with van der Waals surface area (Å²) < 4.78 is 13.0. The van der Waals surface area contributed by atoms with Gasteiger partial charge in [0.2, 0.25) is 5.91 Å². The van der Waals surface area contributed by atoms with Gasteiger partial charge < -0.3 is 10.6 Å². The molecule has 0 bridgehead atoms. The molecule has 0 unspecified atom stereocenters. The van der Waals surface area contributed by atoms with Crippen LogP contribution in [0.4, 0.5) is 15.8 Å². The lowest BCUT2D eigenvalue weighted by Gasteiger charge is -2.09. The van der Waals surface area contributed by atoms with Gasteiger partial charge in [-0.3, -0.25) is 4.79 Å². The molecule has 1 amide bonds. The molecule has 0 aromatic heterocycles. The van der Waals surface area contributed by atoms with Crippen molar-refractivity contribution in [3.63, 3.8) is 0 Å². The van der Waals surface area contributed by atoms with Crippen LogP contribution in [0, 0.1) is 12.7 Å². The molecule has 104 valence electrons. The second kappa shape index (κ2) is 6.70. The molecule has 2 aromatic carbocycles. The number of para-hydroxylation sites is 1. The predicted molar refractivity (Wildman–Crippen MR) is 79.3 cm³/mol. The van der Waals surface area contributed by atoms with Crippen LogP contribution in [-0.2, 0) is 4.79 Å². The Bertz CT molecular complexity index is 599. The van der Waals surface area contributed by atoms with Crippen molar-refractivity contribution < 1.29 is 9.18 Å². The molecule has 2 rings (SSSR count). The first kappa shape index (κ1) is 14.1. The molecule has 0 heterocycles. The minimum Gasteiger partial charge on any atom is -0.384 e. The second-order valence-electron chi connectivity index (χ2n) is 4.55. The van der Waals surface area contributed by atoms with Crippen molar-refractivity contribution in [3.05, 3.63) is 59.9 Å². The SMILES string of the molecule is Cc1ccccc1NCCC(=O)Nc1cccc(F)c1. The number of anilines is 2. The number of benzene rings is 2. The highest BCUT2D eigenvalue weighted by Gasteiger charge is 2.03. The van der Waals surface area contributed by atoms with Crippen molar-refractivity contribution in [2.75, 3.05) is 17.2 Å². The molecule has 4 heteroatoms. The Morgan fingerprint density at radius 3 is 2.70 bits per heavy atom. The Hall–Kier alpha value is -2.36. The normalized spacial score (nSPS) is 10.1. The van der Waals surface area contributed by atoms with Gasteiger partial charge in [-0.2, -0.15) is 0 Å². The molecule has 0 aliphatic rings. The standard InChI is InChI=1S/C16H17FN2O/c1-12-5-2-3-8-15(12)18-10-9-16(20)19-14-7-4-6-13(17)11-14/h2-8,11,18H,9-10H2,1H3,(H,19,20). The molecular formula is C16H17FN2O. The summed E-state index contributed by atoms with van der Waals surface area (Å²) in [4.78, 5) is 11.7. The summed E-state index contributed by atoms with van der Waals surface area (Å²) in [6.45, 7) is 2.54. The van der Waals surface area contributed by atoms with E-state index < -0.39 is 0 Å². The Kier molecular flexibility index (Phi) is 4.71. The van der Waals surface area contributed by atoms with E-state index in [0.29, 0.717) is 18.7 Å².